The summed E-state index contributed by atoms with van der Waals surface area (Å²) in [4.78, 5) is 0. The molecule has 0 unspecified atom stereocenters. The van der Waals surface area contributed by atoms with Gasteiger partial charge in [-0.25, -0.2) is 0 Å². The second-order valence-corrected chi connectivity index (χ2v) is 3.29. The van der Waals surface area contributed by atoms with Crippen LogP contribution in [0.4, 0.5) is 0 Å². The highest BCUT2D eigenvalue weighted by molar-refractivity contribution is 5.23. The Morgan fingerprint density at radius 3 is 2.85 bits per heavy atom. The lowest BCUT2D eigenvalue weighted by atomic mass is 10.0. The molecule has 0 amide bonds. The van der Waals surface area contributed by atoms with Crippen molar-refractivity contribution >= 4 is 0 Å². The number of hydrogen-bond donors (Lipinski definition) is 2. The monoisotopic (exact) mass is 177 g/mol. The van der Waals surface area contributed by atoms with Gasteiger partial charge in [-0.2, -0.15) is 0 Å². The van der Waals surface area contributed by atoms with E-state index < -0.39 is 0 Å². The topological polar surface area (TPSA) is 46.2 Å². The van der Waals surface area contributed by atoms with Crippen molar-refractivity contribution < 1.29 is 5.11 Å². The van der Waals surface area contributed by atoms with Gasteiger partial charge in [0.15, 0.2) is 0 Å². The van der Waals surface area contributed by atoms with E-state index in [1.165, 1.54) is 5.56 Å². The van der Waals surface area contributed by atoms with Gasteiger partial charge < -0.3 is 10.8 Å². The molecular weight excluding hydrogens is 162 g/mol. The van der Waals surface area contributed by atoms with Crippen LogP contribution in [0.15, 0.2) is 36.6 Å². The molecule has 1 aromatic carbocycles. The summed E-state index contributed by atoms with van der Waals surface area (Å²) in [5.41, 5.74) is 7.98. The van der Waals surface area contributed by atoms with Crippen LogP contribution >= 0.6 is 0 Å². The van der Waals surface area contributed by atoms with Crippen LogP contribution in [0.25, 0.3) is 0 Å². The third kappa shape index (κ3) is 2.92. The fourth-order valence-corrected chi connectivity index (χ4v) is 1.21. The molecule has 70 valence electrons. The van der Waals surface area contributed by atoms with E-state index in [2.05, 4.69) is 12.6 Å². The Bertz CT molecular complexity index is 307. The molecule has 0 heterocycles. The highest BCUT2D eigenvalue weighted by atomic mass is 16.3. The van der Waals surface area contributed by atoms with Gasteiger partial charge in [0.1, 0.15) is 5.76 Å². The van der Waals surface area contributed by atoms with Crippen LogP contribution in [0, 0.1) is 6.92 Å². The maximum atomic E-state index is 9.03. The molecule has 0 saturated carbocycles. The molecule has 0 saturated heterocycles. The second-order valence-electron chi connectivity index (χ2n) is 3.29. The molecule has 2 nitrogen and oxygen atoms in total. The van der Waals surface area contributed by atoms with E-state index in [1.54, 1.807) is 0 Å². The quantitative estimate of drug-likeness (QED) is 0.693. The van der Waals surface area contributed by atoms with Crippen molar-refractivity contribution in [2.45, 2.75) is 19.4 Å². The average Bonchev–Trinajstić information content (AvgIpc) is 2.04. The summed E-state index contributed by atoms with van der Waals surface area (Å²) in [6.07, 6.45) is 0.636. The van der Waals surface area contributed by atoms with E-state index >= 15 is 0 Å². The Morgan fingerprint density at radius 1 is 1.62 bits per heavy atom. The Kier molecular flexibility index (Phi) is 3.09. The summed E-state index contributed by atoms with van der Waals surface area (Å²) in [6.45, 7) is 5.43. The molecule has 0 fully saturated rings. The summed E-state index contributed by atoms with van der Waals surface area (Å²) in [6, 6.07) is 7.71. The van der Waals surface area contributed by atoms with Gasteiger partial charge in [-0.15, -0.1) is 0 Å². The van der Waals surface area contributed by atoms with Crippen molar-refractivity contribution in [3.8, 4) is 0 Å². The minimum absolute atomic E-state index is 0.0431. The van der Waals surface area contributed by atoms with Crippen molar-refractivity contribution in [2.24, 2.45) is 5.73 Å². The van der Waals surface area contributed by atoms with Crippen molar-refractivity contribution in [1.29, 1.82) is 0 Å². The summed E-state index contributed by atoms with van der Waals surface area (Å²) in [5.74, 6) is 0.0431. The lowest BCUT2D eigenvalue weighted by molar-refractivity contribution is 0.368. The van der Waals surface area contributed by atoms with Gasteiger partial charge in [-0.05, 0) is 18.9 Å². The van der Waals surface area contributed by atoms with Gasteiger partial charge in [-0.3, -0.25) is 0 Å². The molecule has 0 aliphatic rings. The summed E-state index contributed by atoms with van der Waals surface area (Å²) in [7, 11) is 0. The maximum absolute atomic E-state index is 9.03. The van der Waals surface area contributed by atoms with E-state index in [-0.39, 0.29) is 11.8 Å². The predicted molar refractivity (Wildman–Crippen MR) is 54.6 cm³/mol. The summed E-state index contributed by atoms with van der Waals surface area (Å²) < 4.78 is 0. The first-order valence-corrected chi connectivity index (χ1v) is 4.28. The van der Waals surface area contributed by atoms with Crippen LogP contribution in [0.3, 0.4) is 0 Å². The fraction of sp³-hybridized carbons (Fsp3) is 0.273. The molecule has 0 aromatic heterocycles. The summed E-state index contributed by atoms with van der Waals surface area (Å²) >= 11 is 0. The summed E-state index contributed by atoms with van der Waals surface area (Å²) in [5, 5.41) is 9.03. The third-order valence-electron chi connectivity index (χ3n) is 1.97. The van der Waals surface area contributed by atoms with Crippen LogP contribution in [0.5, 0.6) is 0 Å². The number of aliphatic hydroxyl groups excluding tert-OH is 1. The Labute approximate surface area is 78.7 Å². The molecule has 0 bridgehead atoms. The van der Waals surface area contributed by atoms with Crippen molar-refractivity contribution in [3.05, 3.63) is 47.7 Å². The molecular formula is C11H15NO. The van der Waals surface area contributed by atoms with Gasteiger partial charge in [-0.1, -0.05) is 36.4 Å². The molecule has 1 rings (SSSR count). The van der Waals surface area contributed by atoms with Crippen LogP contribution < -0.4 is 5.73 Å². The van der Waals surface area contributed by atoms with Gasteiger partial charge >= 0.3 is 0 Å². The first-order valence-electron chi connectivity index (χ1n) is 4.28. The highest BCUT2D eigenvalue weighted by Gasteiger charge is 2.06. The smallest absolute Gasteiger partial charge is 0.102 e. The largest absolute Gasteiger partial charge is 0.511 e. The first-order chi connectivity index (χ1) is 6.09. The van der Waals surface area contributed by atoms with E-state index in [9.17, 15) is 0 Å². The van der Waals surface area contributed by atoms with Crippen LogP contribution in [0.1, 0.15) is 11.1 Å². The lowest BCUT2D eigenvalue weighted by Crippen LogP contribution is -2.24. The number of rotatable bonds is 3. The third-order valence-corrected chi connectivity index (χ3v) is 1.97. The van der Waals surface area contributed by atoms with Gasteiger partial charge in [0.05, 0.1) is 6.04 Å². The number of benzene rings is 1. The van der Waals surface area contributed by atoms with E-state index in [0.717, 1.165) is 5.56 Å². The number of hydrogen-bond acceptors (Lipinski definition) is 2. The average molecular weight is 177 g/mol. The Morgan fingerprint density at radius 2 is 2.31 bits per heavy atom. The zero-order valence-corrected chi connectivity index (χ0v) is 7.83. The highest BCUT2D eigenvalue weighted by Crippen LogP contribution is 2.07. The van der Waals surface area contributed by atoms with Gasteiger partial charge in [0.25, 0.3) is 0 Å². The maximum Gasteiger partial charge on any atom is 0.102 e. The fourth-order valence-electron chi connectivity index (χ4n) is 1.21. The van der Waals surface area contributed by atoms with Crippen molar-refractivity contribution in [1.82, 2.24) is 0 Å². The molecule has 3 N–H and O–H groups in total. The molecule has 0 aliphatic carbocycles. The van der Waals surface area contributed by atoms with Crippen molar-refractivity contribution in [3.63, 3.8) is 0 Å². The van der Waals surface area contributed by atoms with Crippen LogP contribution in [-0.2, 0) is 6.42 Å². The van der Waals surface area contributed by atoms with Gasteiger partial charge in [0.2, 0.25) is 0 Å². The van der Waals surface area contributed by atoms with Gasteiger partial charge in [0, 0.05) is 0 Å². The molecule has 1 atom stereocenters. The normalized spacial score (nSPS) is 12.5. The van der Waals surface area contributed by atoms with Crippen LogP contribution in [-0.4, -0.2) is 11.1 Å². The van der Waals surface area contributed by atoms with E-state index in [4.69, 9.17) is 10.8 Å². The van der Waals surface area contributed by atoms with E-state index in [1.807, 2.05) is 25.1 Å². The molecule has 2 heteroatoms. The molecule has 0 aliphatic heterocycles. The second kappa shape index (κ2) is 4.10. The Hall–Kier alpha value is -1.28. The zero-order chi connectivity index (χ0) is 9.84. The number of nitrogens with two attached hydrogens (primary N) is 1. The predicted octanol–water partition coefficient (Wildman–Crippen LogP) is 1.94. The molecule has 13 heavy (non-hydrogen) atoms. The lowest BCUT2D eigenvalue weighted by Gasteiger charge is -2.09. The Balaban J connectivity index is 2.69. The SMILES string of the molecule is C=C(O)[C@@H](N)Cc1cccc(C)c1. The minimum Gasteiger partial charge on any atom is -0.511 e. The number of aliphatic hydroxyl groups is 1. The minimum atomic E-state index is -0.359. The molecule has 1 aromatic rings. The molecule has 0 spiro atoms. The number of aryl methyl sites for hydroxylation is 1. The molecule has 0 radical (unpaired) electrons. The zero-order valence-electron chi connectivity index (χ0n) is 7.83. The van der Waals surface area contributed by atoms with Crippen molar-refractivity contribution in [2.75, 3.05) is 0 Å². The van der Waals surface area contributed by atoms with Crippen LogP contribution in [0.2, 0.25) is 0 Å². The first kappa shape index (κ1) is 9.81. The standard InChI is InChI=1S/C11H15NO/c1-8-4-3-5-10(6-8)7-11(12)9(2)13/h3-6,11,13H,2,7,12H2,1H3/t11-/m0/s1. The van der Waals surface area contributed by atoms with E-state index in [0.29, 0.717) is 6.42 Å².